The molecule has 0 radical (unpaired) electrons. The van der Waals surface area contributed by atoms with Crippen molar-refractivity contribution in [3.8, 4) is 57.5 Å². The number of carbonyl (C=O) groups is 6. The molecule has 556 valence electrons. The van der Waals surface area contributed by atoms with E-state index in [2.05, 4.69) is 125 Å². The van der Waals surface area contributed by atoms with Crippen LogP contribution in [0.3, 0.4) is 0 Å². The maximum atomic E-state index is 16.5. The number of imide groups is 2. The second-order valence-electron chi connectivity index (χ2n) is 35.9. The van der Waals surface area contributed by atoms with Gasteiger partial charge in [0.05, 0.1) is 22.3 Å². The van der Waals surface area contributed by atoms with Crippen molar-refractivity contribution in [3.63, 3.8) is 0 Å². The third-order valence-corrected chi connectivity index (χ3v) is 20.9. The summed E-state index contributed by atoms with van der Waals surface area (Å²) in [6, 6.07) is 48.6. The van der Waals surface area contributed by atoms with E-state index in [1.807, 2.05) is 121 Å². The third-order valence-electron chi connectivity index (χ3n) is 20.9. The summed E-state index contributed by atoms with van der Waals surface area (Å²) in [5, 5.41) is 2.16. The fourth-order valence-corrected chi connectivity index (χ4v) is 14.7. The van der Waals surface area contributed by atoms with Gasteiger partial charge in [-0.2, -0.15) is 0 Å². The van der Waals surface area contributed by atoms with E-state index >= 15 is 28.8 Å². The van der Waals surface area contributed by atoms with Crippen LogP contribution in [0, 0.1) is 11.8 Å². The van der Waals surface area contributed by atoms with E-state index in [0.717, 1.165) is 43.2 Å². The molecule has 11 aromatic rings. The Morgan fingerprint density at radius 3 is 0.602 bits per heavy atom. The molecule has 0 N–H and O–H groups in total. The molecule has 14 heteroatoms. The highest BCUT2D eigenvalue weighted by Gasteiger charge is 2.48. The number of amides is 4. The molecule has 14 nitrogen and oxygen atoms in total. The quantitative estimate of drug-likeness (QED) is 0.0296. The Bertz CT molecular complexity index is 4830. The van der Waals surface area contributed by atoms with Gasteiger partial charge in [-0.3, -0.25) is 29.0 Å². The summed E-state index contributed by atoms with van der Waals surface area (Å²) in [7, 11) is 0. The summed E-state index contributed by atoms with van der Waals surface area (Å²) in [4.78, 5) is 98.3. The molecule has 2 aliphatic rings. The molecular formula is C94H98N2O12. The second-order valence-corrected chi connectivity index (χ2v) is 35.9. The summed E-state index contributed by atoms with van der Waals surface area (Å²) in [6.45, 7) is 44.9. The number of hydrogen-bond donors (Lipinski definition) is 0. The highest BCUT2D eigenvalue weighted by molar-refractivity contribution is 6.45. The second kappa shape index (κ2) is 27.1. The molecule has 108 heavy (non-hydrogen) atoms. The molecule has 11 aromatic carbocycles. The lowest BCUT2D eigenvalue weighted by atomic mass is 9.80. The van der Waals surface area contributed by atoms with Gasteiger partial charge < -0.3 is 28.4 Å². The van der Waals surface area contributed by atoms with Gasteiger partial charge in [0.1, 0.15) is 69.6 Å². The summed E-state index contributed by atoms with van der Waals surface area (Å²) in [5.74, 6) is -3.93. The molecule has 0 fully saturated rings. The minimum Gasteiger partial charge on any atom is -0.457 e. The van der Waals surface area contributed by atoms with Crippen LogP contribution in [0.25, 0.3) is 43.1 Å². The van der Waals surface area contributed by atoms with Gasteiger partial charge in [0.2, 0.25) is 0 Å². The van der Waals surface area contributed by atoms with Crippen LogP contribution in [-0.4, -0.2) is 57.5 Å². The van der Waals surface area contributed by atoms with Crippen molar-refractivity contribution in [2.45, 2.75) is 197 Å². The van der Waals surface area contributed by atoms with Gasteiger partial charge in [-0.05, 0) is 175 Å². The van der Waals surface area contributed by atoms with Gasteiger partial charge in [0, 0.05) is 43.1 Å². The average Bonchev–Trinajstić information content (AvgIpc) is 0.670. The molecule has 0 saturated carbocycles. The monoisotopic (exact) mass is 1450 g/mol. The lowest BCUT2D eigenvalue weighted by Gasteiger charge is -2.36. The van der Waals surface area contributed by atoms with Crippen molar-refractivity contribution in [1.82, 2.24) is 9.80 Å². The number of benzene rings is 11. The maximum Gasteiger partial charge on any atom is 0.335 e. The molecule has 0 aromatic heterocycles. The summed E-state index contributed by atoms with van der Waals surface area (Å²) in [5.41, 5.74) is 4.67. The Kier molecular flexibility index (Phi) is 18.9. The van der Waals surface area contributed by atoms with Crippen molar-refractivity contribution < 1.29 is 57.2 Å². The van der Waals surface area contributed by atoms with Crippen molar-refractivity contribution in [2.24, 2.45) is 11.8 Å². The van der Waals surface area contributed by atoms with E-state index in [1.165, 1.54) is 0 Å². The number of ether oxygens (including phenoxy) is 6. The van der Waals surface area contributed by atoms with E-state index in [4.69, 9.17) is 28.4 Å². The molecule has 2 aliphatic heterocycles. The van der Waals surface area contributed by atoms with E-state index < -0.39 is 59.5 Å². The van der Waals surface area contributed by atoms with Crippen LogP contribution >= 0.6 is 0 Å². The molecule has 4 amide bonds. The van der Waals surface area contributed by atoms with E-state index in [-0.39, 0.29) is 100 Å². The molecule has 0 saturated heterocycles. The zero-order valence-corrected chi connectivity index (χ0v) is 66.3. The first-order valence-corrected chi connectivity index (χ1v) is 37.4. The van der Waals surface area contributed by atoms with Crippen LogP contribution in [0.5, 0.6) is 57.5 Å². The number of rotatable bonds is 16. The maximum absolute atomic E-state index is 16.5. The normalized spacial score (nSPS) is 14.4. The van der Waals surface area contributed by atoms with Gasteiger partial charge in [-0.25, -0.2) is 9.59 Å². The first-order valence-electron chi connectivity index (χ1n) is 37.4. The number of carbonyl (C=O) groups excluding carboxylic acids is 6. The van der Waals surface area contributed by atoms with Gasteiger partial charge in [-0.15, -0.1) is 0 Å². The van der Waals surface area contributed by atoms with Crippen LogP contribution in [0.1, 0.15) is 227 Å². The Balaban J connectivity index is 1.17. The summed E-state index contributed by atoms with van der Waals surface area (Å²) < 4.78 is 41.9. The van der Waals surface area contributed by atoms with E-state index in [0.29, 0.717) is 55.3 Å². The van der Waals surface area contributed by atoms with Gasteiger partial charge in [0.25, 0.3) is 23.6 Å². The largest absolute Gasteiger partial charge is 0.457 e. The predicted octanol–water partition coefficient (Wildman–Crippen LogP) is 23.1. The summed E-state index contributed by atoms with van der Waals surface area (Å²) >= 11 is 0. The molecule has 2 atom stereocenters. The SMILES string of the molecule is CC(C)C(C(=O)Oc1ccc(C(C)(C)C)cc1)N1C(=O)c2cc(Oc3ccc(C(C)(C)C)cc3)c3c4c(Oc5ccc(C(C)(C)C)cc5)cc5c6c(cc(Oc7ccc(C(C)(C)C)cc7)c(c7c(Oc8ccc(C(C)(C)C)cc8)cc(c2c37)C1=O)c64)C(=O)N(C(C(=O)Oc1ccc(C(C)(C)C)cc1)C(C)C)C5=O. The highest BCUT2D eigenvalue weighted by Crippen LogP contribution is 2.59. The van der Waals surface area contributed by atoms with Crippen molar-refractivity contribution in [3.05, 3.63) is 225 Å². The zero-order chi connectivity index (χ0) is 78.1. The van der Waals surface area contributed by atoms with Crippen molar-refractivity contribution >= 4 is 78.7 Å². The van der Waals surface area contributed by atoms with E-state index in [9.17, 15) is 0 Å². The topological polar surface area (TPSA) is 164 Å². The lowest BCUT2D eigenvalue weighted by molar-refractivity contribution is -0.141. The van der Waals surface area contributed by atoms with Crippen molar-refractivity contribution in [1.29, 1.82) is 0 Å². The number of fused-ring (bicyclic) bond motifs is 2. The smallest absolute Gasteiger partial charge is 0.335 e. The fourth-order valence-electron chi connectivity index (χ4n) is 14.7. The minimum atomic E-state index is -1.47. The fraction of sp³-hybridized carbons (Fsp3) is 0.340. The van der Waals surface area contributed by atoms with Gasteiger partial charge >= 0.3 is 11.9 Å². The van der Waals surface area contributed by atoms with Crippen LogP contribution < -0.4 is 28.4 Å². The highest BCUT2D eigenvalue weighted by atomic mass is 16.5. The molecule has 13 rings (SSSR count). The molecule has 0 bridgehead atoms. The Morgan fingerprint density at radius 2 is 0.435 bits per heavy atom. The predicted molar refractivity (Wildman–Crippen MR) is 428 cm³/mol. The molecule has 0 spiro atoms. The van der Waals surface area contributed by atoms with Crippen LogP contribution in [0.2, 0.25) is 0 Å². The molecule has 2 unspecified atom stereocenters. The Hall–Kier alpha value is -10.9. The van der Waals surface area contributed by atoms with Crippen LogP contribution in [-0.2, 0) is 42.1 Å². The third kappa shape index (κ3) is 14.0. The number of esters is 2. The van der Waals surface area contributed by atoms with Gasteiger partial charge in [-0.1, -0.05) is 225 Å². The van der Waals surface area contributed by atoms with Crippen LogP contribution in [0.4, 0.5) is 0 Å². The van der Waals surface area contributed by atoms with Crippen LogP contribution in [0.15, 0.2) is 170 Å². The number of nitrogens with zero attached hydrogens (tertiary/aromatic N) is 2. The van der Waals surface area contributed by atoms with E-state index in [1.54, 1.807) is 76.2 Å². The molecule has 0 aliphatic carbocycles. The lowest BCUT2D eigenvalue weighted by Crippen LogP contribution is -2.54. The minimum absolute atomic E-state index is 0.00672. The summed E-state index contributed by atoms with van der Waals surface area (Å²) in [6.07, 6.45) is 0. The number of hydrogen-bond acceptors (Lipinski definition) is 12. The Morgan fingerprint density at radius 1 is 0.259 bits per heavy atom. The first kappa shape index (κ1) is 75.4. The first-order chi connectivity index (χ1) is 50.5. The van der Waals surface area contributed by atoms with Gasteiger partial charge in [0.15, 0.2) is 0 Å². The molecular weight excluding hydrogens is 1350 g/mol. The average molecular weight is 1450 g/mol. The standard InChI is InChI=1S/C94H98N2O12/c1-51(2)81(87(101)107-63-43-31-57(32-44-63)93(17,18)19)95-83(97)65-47-69(103-59-35-23-53(24-36-59)89(5,6)7)75-77-71(105-61-39-27-55(28-40-61)91(11,12)13)49-67-74-68(86(100)96(85(67)99)82(52(3)4)88(102)108-64-45-33-58(34-46-64)94(20,21)22)50-72(106-62-41-29-56(30-42-62)92(14,15)16)78(80(74)77)76-70(48-66(84(95)98)73(65)79(75)76)104-60-37-25-54(26-38-60)90(8,9)10/h23-52,81-82H,1-22H3. The zero-order valence-electron chi connectivity index (χ0n) is 66.3. The van der Waals surface area contributed by atoms with Crippen molar-refractivity contribution in [2.75, 3.05) is 0 Å². The Labute approximate surface area is 634 Å². The molecule has 2 heterocycles.